The van der Waals surface area contributed by atoms with E-state index in [9.17, 15) is 9.50 Å². The van der Waals surface area contributed by atoms with Crippen LogP contribution in [0.1, 0.15) is 31.2 Å². The third-order valence-corrected chi connectivity index (χ3v) is 4.80. The molecule has 1 atom stereocenters. The molecule has 1 aromatic carbocycles. The van der Waals surface area contributed by atoms with E-state index in [1.165, 1.54) is 6.07 Å². The molecule has 1 aliphatic rings. The van der Waals surface area contributed by atoms with Gasteiger partial charge in [0.05, 0.1) is 16.2 Å². The van der Waals surface area contributed by atoms with Crippen LogP contribution in [0.3, 0.4) is 0 Å². The molecule has 1 aromatic rings. The summed E-state index contributed by atoms with van der Waals surface area (Å²) in [7, 11) is 1.65. The lowest BCUT2D eigenvalue weighted by Crippen LogP contribution is -2.43. The monoisotopic (exact) mass is 316 g/mol. The summed E-state index contributed by atoms with van der Waals surface area (Å²) in [4.78, 5) is 0. The van der Waals surface area contributed by atoms with E-state index in [4.69, 9.17) is 4.74 Å². The zero-order chi connectivity index (χ0) is 13.2. The van der Waals surface area contributed by atoms with Crippen molar-refractivity contribution >= 4 is 15.9 Å². The van der Waals surface area contributed by atoms with Gasteiger partial charge in [0.15, 0.2) is 0 Å². The molecule has 1 aliphatic carbocycles. The van der Waals surface area contributed by atoms with Gasteiger partial charge in [-0.25, -0.2) is 4.39 Å². The SMILES string of the molecule is COC1(C(O)Cc2cccc(F)c2Br)CCCC1. The topological polar surface area (TPSA) is 29.5 Å². The fourth-order valence-corrected chi connectivity index (χ4v) is 3.17. The molecule has 100 valence electrons. The van der Waals surface area contributed by atoms with Gasteiger partial charge in [0, 0.05) is 13.5 Å². The molecule has 2 nitrogen and oxygen atoms in total. The van der Waals surface area contributed by atoms with E-state index in [0.29, 0.717) is 10.9 Å². The zero-order valence-electron chi connectivity index (χ0n) is 10.5. The molecule has 1 unspecified atom stereocenters. The van der Waals surface area contributed by atoms with Crippen LogP contribution in [-0.4, -0.2) is 23.9 Å². The second-order valence-electron chi connectivity index (χ2n) is 4.91. The lowest BCUT2D eigenvalue weighted by Gasteiger charge is -2.33. The number of ether oxygens (including phenoxy) is 1. The highest BCUT2D eigenvalue weighted by atomic mass is 79.9. The highest BCUT2D eigenvalue weighted by Crippen LogP contribution is 2.37. The summed E-state index contributed by atoms with van der Waals surface area (Å²) < 4.78 is 19.4. The predicted octanol–water partition coefficient (Wildman–Crippen LogP) is 3.45. The molecule has 1 fully saturated rings. The van der Waals surface area contributed by atoms with E-state index in [-0.39, 0.29) is 5.82 Å². The number of halogens is 2. The molecule has 0 amide bonds. The van der Waals surface area contributed by atoms with Crippen LogP contribution in [0.25, 0.3) is 0 Å². The lowest BCUT2D eigenvalue weighted by molar-refractivity contribution is -0.0971. The minimum Gasteiger partial charge on any atom is -0.390 e. The summed E-state index contributed by atoms with van der Waals surface area (Å²) in [6.07, 6.45) is 3.72. The Labute approximate surface area is 115 Å². The fourth-order valence-electron chi connectivity index (χ4n) is 2.75. The van der Waals surface area contributed by atoms with Gasteiger partial charge in [0.1, 0.15) is 5.82 Å². The quantitative estimate of drug-likeness (QED) is 0.922. The molecule has 1 N–H and O–H groups in total. The van der Waals surface area contributed by atoms with Crippen LogP contribution in [-0.2, 0) is 11.2 Å². The maximum Gasteiger partial charge on any atom is 0.137 e. The molecule has 4 heteroatoms. The molecule has 0 saturated heterocycles. The zero-order valence-corrected chi connectivity index (χ0v) is 12.0. The Morgan fingerprint density at radius 2 is 2.11 bits per heavy atom. The summed E-state index contributed by atoms with van der Waals surface area (Å²) in [5, 5.41) is 10.4. The normalized spacial score (nSPS) is 20.0. The highest BCUT2D eigenvalue weighted by Gasteiger charge is 2.40. The number of methoxy groups -OCH3 is 1. The van der Waals surface area contributed by atoms with Crippen LogP contribution >= 0.6 is 15.9 Å². The largest absolute Gasteiger partial charge is 0.390 e. The first-order chi connectivity index (χ1) is 8.59. The van der Waals surface area contributed by atoms with Crippen molar-refractivity contribution in [3.05, 3.63) is 34.1 Å². The smallest absolute Gasteiger partial charge is 0.137 e. The summed E-state index contributed by atoms with van der Waals surface area (Å²) in [6.45, 7) is 0. The molecule has 0 radical (unpaired) electrons. The van der Waals surface area contributed by atoms with E-state index in [1.807, 2.05) is 6.07 Å². The van der Waals surface area contributed by atoms with Crippen LogP contribution in [0.5, 0.6) is 0 Å². The Morgan fingerprint density at radius 1 is 1.44 bits per heavy atom. The van der Waals surface area contributed by atoms with Gasteiger partial charge < -0.3 is 9.84 Å². The van der Waals surface area contributed by atoms with Crippen molar-refractivity contribution in [3.63, 3.8) is 0 Å². The maximum atomic E-state index is 13.4. The molecular formula is C14H18BrFO2. The molecule has 0 aromatic heterocycles. The Bertz CT molecular complexity index is 416. The van der Waals surface area contributed by atoms with Crippen molar-refractivity contribution in [2.45, 2.75) is 43.8 Å². The molecule has 0 aliphatic heterocycles. The molecular weight excluding hydrogens is 299 g/mol. The first kappa shape index (κ1) is 14.0. The first-order valence-electron chi connectivity index (χ1n) is 6.25. The van der Waals surface area contributed by atoms with E-state index in [0.717, 1.165) is 31.2 Å². The van der Waals surface area contributed by atoms with Crippen molar-refractivity contribution < 1.29 is 14.2 Å². The highest BCUT2D eigenvalue weighted by molar-refractivity contribution is 9.10. The molecule has 0 bridgehead atoms. The number of aliphatic hydroxyl groups excluding tert-OH is 1. The predicted molar refractivity (Wildman–Crippen MR) is 72.0 cm³/mol. The average Bonchev–Trinajstić information content (AvgIpc) is 2.85. The minimum atomic E-state index is -0.594. The number of hydrogen-bond acceptors (Lipinski definition) is 2. The Kier molecular flexibility index (Phi) is 4.41. The minimum absolute atomic E-state index is 0.294. The van der Waals surface area contributed by atoms with Crippen molar-refractivity contribution in [1.82, 2.24) is 0 Å². The van der Waals surface area contributed by atoms with Gasteiger partial charge in [-0.1, -0.05) is 25.0 Å². The standard InChI is InChI=1S/C14H18BrFO2/c1-18-14(7-2-3-8-14)12(17)9-10-5-4-6-11(16)13(10)15/h4-6,12,17H,2-3,7-9H2,1H3. The molecule has 0 heterocycles. The summed E-state index contributed by atoms with van der Waals surface area (Å²) in [5.74, 6) is -0.294. The second kappa shape index (κ2) is 5.68. The summed E-state index contributed by atoms with van der Waals surface area (Å²) in [5.41, 5.74) is 0.331. The Hall–Kier alpha value is -0.450. The van der Waals surface area contributed by atoms with Crippen LogP contribution in [0, 0.1) is 5.82 Å². The molecule has 2 rings (SSSR count). The van der Waals surface area contributed by atoms with Gasteiger partial charge in [-0.15, -0.1) is 0 Å². The van der Waals surface area contributed by atoms with Crippen LogP contribution in [0.15, 0.2) is 22.7 Å². The number of benzene rings is 1. The first-order valence-corrected chi connectivity index (χ1v) is 7.04. The van der Waals surface area contributed by atoms with E-state index >= 15 is 0 Å². The summed E-state index contributed by atoms with van der Waals surface area (Å²) in [6, 6.07) is 4.90. The molecule has 18 heavy (non-hydrogen) atoms. The molecule has 0 spiro atoms. The van der Waals surface area contributed by atoms with Gasteiger partial charge in [-0.05, 0) is 40.4 Å². The fraction of sp³-hybridized carbons (Fsp3) is 0.571. The number of rotatable bonds is 4. The Morgan fingerprint density at radius 3 is 2.72 bits per heavy atom. The maximum absolute atomic E-state index is 13.4. The van der Waals surface area contributed by atoms with Gasteiger partial charge in [-0.2, -0.15) is 0 Å². The van der Waals surface area contributed by atoms with Crippen molar-refractivity contribution in [2.24, 2.45) is 0 Å². The number of hydrogen-bond donors (Lipinski definition) is 1. The average molecular weight is 317 g/mol. The van der Waals surface area contributed by atoms with Crippen molar-refractivity contribution in [3.8, 4) is 0 Å². The third-order valence-electron chi connectivity index (χ3n) is 3.91. The van der Waals surface area contributed by atoms with Gasteiger partial charge in [0.2, 0.25) is 0 Å². The van der Waals surface area contributed by atoms with Crippen molar-refractivity contribution in [1.29, 1.82) is 0 Å². The van der Waals surface area contributed by atoms with Crippen LogP contribution in [0.4, 0.5) is 4.39 Å². The van der Waals surface area contributed by atoms with Gasteiger partial charge in [-0.3, -0.25) is 0 Å². The number of aliphatic hydroxyl groups is 1. The molecule has 1 saturated carbocycles. The van der Waals surface area contributed by atoms with Crippen LogP contribution in [0.2, 0.25) is 0 Å². The van der Waals surface area contributed by atoms with Crippen molar-refractivity contribution in [2.75, 3.05) is 7.11 Å². The Balaban J connectivity index is 2.15. The third kappa shape index (κ3) is 2.60. The second-order valence-corrected chi connectivity index (χ2v) is 5.70. The summed E-state index contributed by atoms with van der Waals surface area (Å²) >= 11 is 3.23. The van der Waals surface area contributed by atoms with E-state index in [2.05, 4.69) is 15.9 Å². The van der Waals surface area contributed by atoms with Crippen LogP contribution < -0.4 is 0 Å². The van der Waals surface area contributed by atoms with Gasteiger partial charge in [0.25, 0.3) is 0 Å². The van der Waals surface area contributed by atoms with E-state index < -0.39 is 11.7 Å². The lowest BCUT2D eigenvalue weighted by atomic mass is 9.90. The van der Waals surface area contributed by atoms with Gasteiger partial charge >= 0.3 is 0 Å². The van der Waals surface area contributed by atoms with E-state index in [1.54, 1.807) is 13.2 Å².